The average Bonchev–Trinajstić information content (AvgIpc) is 2.55. The summed E-state index contributed by atoms with van der Waals surface area (Å²) < 4.78 is 5.11. The van der Waals surface area contributed by atoms with E-state index in [1.165, 1.54) is 32.4 Å². The fourth-order valence-corrected chi connectivity index (χ4v) is 3.25. The third kappa shape index (κ3) is 4.75. The molecule has 23 heavy (non-hydrogen) atoms. The Morgan fingerprint density at radius 3 is 2.57 bits per heavy atom. The minimum Gasteiger partial charge on any atom is -0.494 e. The Kier molecular flexibility index (Phi) is 6.54. The van der Waals surface area contributed by atoms with Gasteiger partial charge >= 0.3 is 5.97 Å². The highest BCUT2D eigenvalue weighted by Crippen LogP contribution is 2.34. The average molecular weight is 359 g/mol. The molecule has 0 atom stereocenters. The summed E-state index contributed by atoms with van der Waals surface area (Å²) in [4.78, 5) is 17.1. The van der Waals surface area contributed by atoms with E-state index in [-0.39, 0.29) is 21.4 Å². The second kappa shape index (κ2) is 8.41. The zero-order chi connectivity index (χ0) is 16.8. The largest absolute Gasteiger partial charge is 0.494 e. The van der Waals surface area contributed by atoms with Crippen LogP contribution in [-0.2, 0) is 4.84 Å². The number of ether oxygens (including phenoxy) is 1. The molecule has 0 amide bonds. The van der Waals surface area contributed by atoms with Crippen LogP contribution in [0.3, 0.4) is 0 Å². The van der Waals surface area contributed by atoms with Crippen molar-refractivity contribution in [2.24, 2.45) is 16.8 Å². The molecule has 7 heteroatoms. The molecular formula is C16H20Cl2N2O3. The number of hydrogen-bond donors (Lipinski definition) is 1. The molecule has 2 N–H and O–H groups in total. The zero-order valence-corrected chi connectivity index (χ0v) is 14.5. The molecule has 0 heterocycles. The topological polar surface area (TPSA) is 73.9 Å². The van der Waals surface area contributed by atoms with Crippen LogP contribution in [0.1, 0.15) is 48.9 Å². The molecule has 0 saturated heterocycles. The van der Waals surface area contributed by atoms with Crippen LogP contribution in [0, 0.1) is 5.92 Å². The Bertz CT molecular complexity index is 599. The molecule has 0 aromatic heterocycles. The number of halogens is 2. The fraction of sp³-hybridized carbons (Fsp3) is 0.500. The number of amidine groups is 1. The first-order valence-corrected chi connectivity index (χ1v) is 8.34. The van der Waals surface area contributed by atoms with E-state index in [2.05, 4.69) is 5.16 Å². The normalized spacial score (nSPS) is 16.2. The van der Waals surface area contributed by atoms with Crippen LogP contribution in [-0.4, -0.2) is 18.9 Å². The van der Waals surface area contributed by atoms with Crippen LogP contribution >= 0.6 is 23.2 Å². The predicted molar refractivity (Wildman–Crippen MR) is 91.2 cm³/mol. The van der Waals surface area contributed by atoms with E-state index in [1.54, 1.807) is 6.07 Å². The number of carbonyl (C=O) groups excluding carboxylic acids is 1. The van der Waals surface area contributed by atoms with Gasteiger partial charge in [-0.25, -0.2) is 4.79 Å². The van der Waals surface area contributed by atoms with Gasteiger partial charge in [0, 0.05) is 6.42 Å². The van der Waals surface area contributed by atoms with Gasteiger partial charge < -0.3 is 15.3 Å². The lowest BCUT2D eigenvalue weighted by Crippen LogP contribution is -2.20. The van der Waals surface area contributed by atoms with Gasteiger partial charge in [-0.1, -0.05) is 60.5 Å². The molecule has 1 fully saturated rings. The molecule has 1 aliphatic carbocycles. The van der Waals surface area contributed by atoms with Gasteiger partial charge in [0.05, 0.1) is 17.2 Å². The van der Waals surface area contributed by atoms with Crippen LogP contribution in [0.2, 0.25) is 10.0 Å². The highest BCUT2D eigenvalue weighted by atomic mass is 35.5. The summed E-state index contributed by atoms with van der Waals surface area (Å²) in [5, 5.41) is 4.17. The van der Waals surface area contributed by atoms with Crippen molar-refractivity contribution in [3.05, 3.63) is 27.7 Å². The van der Waals surface area contributed by atoms with Crippen molar-refractivity contribution in [2.75, 3.05) is 7.11 Å². The van der Waals surface area contributed by atoms with Gasteiger partial charge in [-0.15, -0.1) is 0 Å². The number of benzene rings is 1. The Labute approximate surface area is 145 Å². The van der Waals surface area contributed by atoms with E-state index in [0.717, 1.165) is 12.8 Å². The molecule has 5 nitrogen and oxygen atoms in total. The van der Waals surface area contributed by atoms with Crippen molar-refractivity contribution < 1.29 is 14.4 Å². The Balaban J connectivity index is 2.04. The molecule has 1 aromatic rings. The minimum atomic E-state index is -0.749. The maximum atomic E-state index is 12.2. The Hall–Kier alpha value is -1.46. The van der Waals surface area contributed by atoms with Crippen molar-refractivity contribution >= 4 is 35.0 Å². The molecule has 1 aliphatic rings. The monoisotopic (exact) mass is 358 g/mol. The summed E-state index contributed by atoms with van der Waals surface area (Å²) >= 11 is 12.0. The number of carbonyl (C=O) groups is 1. The number of methoxy groups -OCH3 is 1. The molecule has 0 radical (unpaired) electrons. The van der Waals surface area contributed by atoms with Crippen molar-refractivity contribution in [1.29, 1.82) is 0 Å². The molecule has 2 rings (SSSR count). The Morgan fingerprint density at radius 2 is 1.91 bits per heavy atom. The third-order valence-corrected chi connectivity index (χ3v) is 4.55. The summed E-state index contributed by atoms with van der Waals surface area (Å²) in [7, 11) is 1.40. The van der Waals surface area contributed by atoms with E-state index in [4.69, 9.17) is 38.5 Å². The summed E-state index contributed by atoms with van der Waals surface area (Å²) in [6.07, 6.45) is 6.61. The molecule has 0 bridgehead atoms. The van der Waals surface area contributed by atoms with Crippen LogP contribution in [0.4, 0.5) is 0 Å². The fourth-order valence-electron chi connectivity index (χ4n) is 2.79. The van der Waals surface area contributed by atoms with Crippen molar-refractivity contribution in [1.82, 2.24) is 0 Å². The van der Waals surface area contributed by atoms with Crippen LogP contribution < -0.4 is 10.5 Å². The molecule has 0 aliphatic heterocycles. The third-order valence-electron chi connectivity index (χ3n) is 3.94. The second-order valence-corrected chi connectivity index (χ2v) is 6.42. The first-order chi connectivity index (χ1) is 11.0. The minimum absolute atomic E-state index is 0.0379. The lowest BCUT2D eigenvalue weighted by Gasteiger charge is -2.20. The number of oxime groups is 1. The van der Waals surface area contributed by atoms with Crippen LogP contribution in [0.25, 0.3) is 0 Å². The van der Waals surface area contributed by atoms with E-state index in [9.17, 15) is 4.79 Å². The highest BCUT2D eigenvalue weighted by Gasteiger charge is 2.22. The van der Waals surface area contributed by atoms with E-state index >= 15 is 0 Å². The molecule has 0 unspecified atom stereocenters. The molecular weight excluding hydrogens is 339 g/mol. The van der Waals surface area contributed by atoms with E-state index < -0.39 is 5.97 Å². The van der Waals surface area contributed by atoms with Crippen molar-refractivity contribution in [2.45, 2.75) is 38.5 Å². The predicted octanol–water partition coefficient (Wildman–Crippen LogP) is 4.40. The smallest absolute Gasteiger partial charge is 0.371 e. The SMILES string of the molecule is COc1c(Cl)ccc(Cl)c1C(=O)O/N=C(\N)CC1CCCCC1. The highest BCUT2D eigenvalue weighted by molar-refractivity contribution is 6.37. The van der Waals surface area contributed by atoms with Crippen LogP contribution in [0.15, 0.2) is 17.3 Å². The van der Waals surface area contributed by atoms with Gasteiger partial charge in [-0.05, 0) is 18.1 Å². The molecule has 1 aromatic carbocycles. The summed E-state index contributed by atoms with van der Waals surface area (Å²) in [5.74, 6) is 0.226. The van der Waals surface area contributed by atoms with Crippen molar-refractivity contribution in [3.63, 3.8) is 0 Å². The quantitative estimate of drug-likeness (QED) is 0.366. The Morgan fingerprint density at radius 1 is 1.26 bits per heavy atom. The van der Waals surface area contributed by atoms with Gasteiger partial charge in [0.2, 0.25) is 0 Å². The standard InChI is InChI=1S/C16H20Cl2N2O3/c1-22-15-12(18)8-7-11(17)14(15)16(21)23-20-13(19)9-10-5-3-2-4-6-10/h7-8,10H,2-6,9H2,1H3,(H2,19,20). The maximum Gasteiger partial charge on any atom is 0.371 e. The lowest BCUT2D eigenvalue weighted by molar-refractivity contribution is 0.0510. The van der Waals surface area contributed by atoms with Gasteiger partial charge in [-0.2, -0.15) is 0 Å². The number of rotatable bonds is 5. The number of nitrogens with zero attached hydrogens (tertiary/aromatic N) is 1. The van der Waals surface area contributed by atoms with Crippen LogP contribution in [0.5, 0.6) is 5.75 Å². The molecule has 1 saturated carbocycles. The first kappa shape index (κ1) is 17.9. The van der Waals surface area contributed by atoms with Gasteiger partial charge in [-0.3, -0.25) is 0 Å². The second-order valence-electron chi connectivity index (χ2n) is 5.61. The van der Waals surface area contributed by atoms with E-state index in [0.29, 0.717) is 18.2 Å². The molecule has 126 valence electrons. The number of hydrogen-bond acceptors (Lipinski definition) is 4. The summed E-state index contributed by atoms with van der Waals surface area (Å²) in [6, 6.07) is 3.04. The lowest BCUT2D eigenvalue weighted by atomic mass is 9.87. The zero-order valence-electron chi connectivity index (χ0n) is 13.0. The summed E-state index contributed by atoms with van der Waals surface area (Å²) in [6.45, 7) is 0. The summed E-state index contributed by atoms with van der Waals surface area (Å²) in [5.41, 5.74) is 5.89. The van der Waals surface area contributed by atoms with Gasteiger partial charge in [0.15, 0.2) is 5.75 Å². The molecule has 0 spiro atoms. The van der Waals surface area contributed by atoms with E-state index in [1.807, 2.05) is 0 Å². The van der Waals surface area contributed by atoms with Crippen molar-refractivity contribution in [3.8, 4) is 5.75 Å². The van der Waals surface area contributed by atoms with Gasteiger partial charge in [0.1, 0.15) is 11.4 Å². The van der Waals surface area contributed by atoms with Gasteiger partial charge in [0.25, 0.3) is 0 Å². The number of nitrogens with two attached hydrogens (primary N) is 1. The maximum absolute atomic E-state index is 12.2. The first-order valence-electron chi connectivity index (χ1n) is 7.58.